The molecule has 5 heteroatoms. The molecule has 1 fully saturated rings. The number of aromatic nitrogens is 2. The minimum atomic E-state index is 0.0522. The zero-order chi connectivity index (χ0) is 17.2. The summed E-state index contributed by atoms with van der Waals surface area (Å²) in [6, 6.07) is 11.7. The number of likely N-dealkylation sites (tertiary alicyclic amines) is 1. The number of methoxy groups -OCH3 is 1. The summed E-state index contributed by atoms with van der Waals surface area (Å²) in [5, 5.41) is 0.808. The summed E-state index contributed by atoms with van der Waals surface area (Å²) in [4.78, 5) is 23.4. The van der Waals surface area contributed by atoms with E-state index in [4.69, 9.17) is 4.74 Å². The van der Waals surface area contributed by atoms with Crippen LogP contribution in [0.3, 0.4) is 0 Å². The molecule has 0 bridgehead atoms. The van der Waals surface area contributed by atoms with Gasteiger partial charge in [0, 0.05) is 43.0 Å². The monoisotopic (exact) mass is 333 g/mol. The number of nitrogens with zero attached hydrogens (tertiary/aromatic N) is 3. The predicted octanol–water partition coefficient (Wildman–Crippen LogP) is 3.27. The topological polar surface area (TPSA) is 55.3 Å². The van der Waals surface area contributed by atoms with E-state index in [0.717, 1.165) is 36.2 Å². The molecule has 1 aliphatic heterocycles. The molecule has 0 N–H and O–H groups in total. The fraction of sp³-hybridized carbons (Fsp3) is 0.250. The van der Waals surface area contributed by atoms with Gasteiger partial charge in [-0.25, -0.2) is 0 Å². The van der Waals surface area contributed by atoms with Crippen LogP contribution in [-0.2, 0) is 0 Å². The lowest BCUT2D eigenvalue weighted by Gasteiger charge is -2.18. The van der Waals surface area contributed by atoms with E-state index in [1.807, 2.05) is 23.1 Å². The van der Waals surface area contributed by atoms with E-state index in [-0.39, 0.29) is 5.91 Å². The Morgan fingerprint density at radius 3 is 2.80 bits per heavy atom. The van der Waals surface area contributed by atoms with Crippen molar-refractivity contribution in [3.05, 3.63) is 66.1 Å². The molecule has 1 saturated heterocycles. The van der Waals surface area contributed by atoms with Gasteiger partial charge < -0.3 is 9.64 Å². The molecule has 1 aliphatic rings. The third-order valence-electron chi connectivity index (χ3n) is 4.84. The second kappa shape index (κ2) is 6.51. The number of benzene rings is 1. The van der Waals surface area contributed by atoms with Crippen LogP contribution in [0.2, 0.25) is 0 Å². The molecule has 2 aromatic heterocycles. The molecule has 25 heavy (non-hydrogen) atoms. The fourth-order valence-electron chi connectivity index (χ4n) is 3.44. The highest BCUT2D eigenvalue weighted by atomic mass is 16.5. The summed E-state index contributed by atoms with van der Waals surface area (Å²) in [7, 11) is 1.67. The van der Waals surface area contributed by atoms with Crippen molar-refractivity contribution in [1.29, 1.82) is 0 Å². The lowest BCUT2D eigenvalue weighted by Crippen LogP contribution is -2.28. The SMILES string of the molecule is COc1ccc([C@@H]2CCN(C(=O)c3ccnc4ccncc34)C2)cc1. The van der Waals surface area contributed by atoms with Gasteiger partial charge in [-0.1, -0.05) is 12.1 Å². The van der Waals surface area contributed by atoms with E-state index < -0.39 is 0 Å². The van der Waals surface area contributed by atoms with Crippen LogP contribution >= 0.6 is 0 Å². The number of fused-ring (bicyclic) bond motifs is 1. The predicted molar refractivity (Wildman–Crippen MR) is 95.8 cm³/mol. The smallest absolute Gasteiger partial charge is 0.254 e. The number of carbonyl (C=O) groups is 1. The van der Waals surface area contributed by atoms with Gasteiger partial charge in [0.15, 0.2) is 0 Å². The van der Waals surface area contributed by atoms with Crippen LogP contribution in [0.5, 0.6) is 5.75 Å². The summed E-state index contributed by atoms with van der Waals surface area (Å²) < 4.78 is 5.21. The van der Waals surface area contributed by atoms with E-state index in [0.29, 0.717) is 11.5 Å². The lowest BCUT2D eigenvalue weighted by atomic mass is 9.98. The normalized spacial score (nSPS) is 17.0. The highest BCUT2D eigenvalue weighted by Crippen LogP contribution is 2.30. The van der Waals surface area contributed by atoms with Crippen molar-refractivity contribution < 1.29 is 9.53 Å². The Kier molecular flexibility index (Phi) is 4.06. The quantitative estimate of drug-likeness (QED) is 0.738. The average Bonchev–Trinajstić information content (AvgIpc) is 3.17. The zero-order valence-electron chi connectivity index (χ0n) is 14.1. The highest BCUT2D eigenvalue weighted by molar-refractivity contribution is 6.05. The molecule has 0 saturated carbocycles. The Bertz CT molecular complexity index is 903. The van der Waals surface area contributed by atoms with E-state index in [2.05, 4.69) is 22.1 Å². The second-order valence-electron chi connectivity index (χ2n) is 6.26. The summed E-state index contributed by atoms with van der Waals surface area (Å²) in [5.74, 6) is 1.27. The van der Waals surface area contributed by atoms with Crippen LogP contribution in [0.4, 0.5) is 0 Å². The van der Waals surface area contributed by atoms with Crippen molar-refractivity contribution in [2.75, 3.05) is 20.2 Å². The Hall–Kier alpha value is -2.95. The summed E-state index contributed by atoms with van der Waals surface area (Å²) >= 11 is 0. The molecule has 1 amide bonds. The van der Waals surface area contributed by atoms with Crippen molar-refractivity contribution in [3.8, 4) is 5.75 Å². The molecule has 3 heterocycles. The molecule has 0 aliphatic carbocycles. The van der Waals surface area contributed by atoms with Gasteiger partial charge in [0.2, 0.25) is 0 Å². The van der Waals surface area contributed by atoms with Crippen molar-refractivity contribution in [2.24, 2.45) is 0 Å². The number of ether oxygens (including phenoxy) is 1. The molecule has 1 aromatic carbocycles. The molecule has 4 rings (SSSR count). The van der Waals surface area contributed by atoms with Gasteiger partial charge in [0.05, 0.1) is 18.2 Å². The highest BCUT2D eigenvalue weighted by Gasteiger charge is 2.28. The van der Waals surface area contributed by atoms with Crippen LogP contribution in [-0.4, -0.2) is 41.0 Å². The first-order chi connectivity index (χ1) is 12.3. The number of hydrogen-bond donors (Lipinski definition) is 0. The largest absolute Gasteiger partial charge is 0.497 e. The Balaban J connectivity index is 1.55. The van der Waals surface area contributed by atoms with E-state index in [9.17, 15) is 4.79 Å². The van der Waals surface area contributed by atoms with Gasteiger partial charge in [-0.2, -0.15) is 0 Å². The van der Waals surface area contributed by atoms with Crippen LogP contribution in [0.25, 0.3) is 10.9 Å². The van der Waals surface area contributed by atoms with E-state index in [1.54, 1.807) is 31.8 Å². The molecule has 5 nitrogen and oxygen atoms in total. The first kappa shape index (κ1) is 15.6. The van der Waals surface area contributed by atoms with Gasteiger partial charge in [-0.3, -0.25) is 14.8 Å². The van der Waals surface area contributed by atoms with Crippen molar-refractivity contribution in [3.63, 3.8) is 0 Å². The van der Waals surface area contributed by atoms with Crippen LogP contribution in [0.15, 0.2) is 55.0 Å². The summed E-state index contributed by atoms with van der Waals surface area (Å²) in [6.45, 7) is 1.49. The van der Waals surface area contributed by atoms with Crippen molar-refractivity contribution >= 4 is 16.8 Å². The number of hydrogen-bond acceptors (Lipinski definition) is 4. The zero-order valence-corrected chi connectivity index (χ0v) is 14.1. The van der Waals surface area contributed by atoms with E-state index >= 15 is 0 Å². The van der Waals surface area contributed by atoms with Crippen molar-refractivity contribution in [2.45, 2.75) is 12.3 Å². The molecule has 0 unspecified atom stereocenters. The molecule has 3 aromatic rings. The molecule has 0 radical (unpaired) electrons. The number of rotatable bonds is 3. The van der Waals surface area contributed by atoms with Crippen molar-refractivity contribution in [1.82, 2.24) is 14.9 Å². The maximum Gasteiger partial charge on any atom is 0.254 e. The molecule has 1 atom stereocenters. The van der Waals surface area contributed by atoms with Crippen LogP contribution < -0.4 is 4.74 Å². The minimum Gasteiger partial charge on any atom is -0.497 e. The first-order valence-electron chi connectivity index (χ1n) is 8.38. The Labute approximate surface area is 146 Å². The number of carbonyl (C=O) groups excluding carboxylic acids is 1. The molecular formula is C20H19N3O2. The van der Waals surface area contributed by atoms with Gasteiger partial charge in [-0.15, -0.1) is 0 Å². The van der Waals surface area contributed by atoms with Crippen LogP contribution in [0.1, 0.15) is 28.3 Å². The van der Waals surface area contributed by atoms with E-state index in [1.165, 1.54) is 5.56 Å². The third kappa shape index (κ3) is 2.93. The fourth-order valence-corrected chi connectivity index (χ4v) is 3.44. The van der Waals surface area contributed by atoms with Crippen LogP contribution in [0, 0.1) is 0 Å². The van der Waals surface area contributed by atoms with Gasteiger partial charge in [0.25, 0.3) is 5.91 Å². The Morgan fingerprint density at radius 1 is 1.16 bits per heavy atom. The number of amides is 1. The maximum absolute atomic E-state index is 13.0. The van der Waals surface area contributed by atoms with Gasteiger partial charge in [-0.05, 0) is 36.2 Å². The van der Waals surface area contributed by atoms with Gasteiger partial charge >= 0.3 is 0 Å². The molecular weight excluding hydrogens is 314 g/mol. The average molecular weight is 333 g/mol. The third-order valence-corrected chi connectivity index (χ3v) is 4.84. The molecule has 0 spiro atoms. The summed E-state index contributed by atoms with van der Waals surface area (Å²) in [6.07, 6.45) is 6.07. The standard InChI is InChI=1S/C20H19N3O2/c1-25-16-4-2-14(3-5-16)15-8-11-23(13-15)20(24)17-6-10-22-19-7-9-21-12-18(17)19/h2-7,9-10,12,15H,8,11,13H2,1H3/t15-/m1/s1. The number of pyridine rings is 2. The van der Waals surface area contributed by atoms with Gasteiger partial charge in [0.1, 0.15) is 5.75 Å². The minimum absolute atomic E-state index is 0.0522. The lowest BCUT2D eigenvalue weighted by molar-refractivity contribution is 0.0792. The summed E-state index contributed by atoms with van der Waals surface area (Å²) in [5.41, 5.74) is 2.72. The second-order valence-corrected chi connectivity index (χ2v) is 6.26. The molecule has 126 valence electrons. The first-order valence-corrected chi connectivity index (χ1v) is 8.38. The maximum atomic E-state index is 13.0. The Morgan fingerprint density at radius 2 is 2.00 bits per heavy atom.